The Balaban J connectivity index is 1.80. The van der Waals surface area contributed by atoms with Crippen LogP contribution >= 0.6 is 0 Å². The van der Waals surface area contributed by atoms with Gasteiger partial charge in [-0.2, -0.15) is 0 Å². The first-order chi connectivity index (χ1) is 11.2. The van der Waals surface area contributed by atoms with E-state index in [0.29, 0.717) is 29.0 Å². The molecule has 0 spiro atoms. The Kier molecular flexibility index (Phi) is 3.97. The SMILES string of the molecule is C=CCn1c(=O)oc2cc(NC(=O)Nc3ccccc3)ccc21. The zero-order valence-corrected chi connectivity index (χ0v) is 12.3. The molecular weight excluding hydrogens is 294 g/mol. The van der Waals surface area contributed by atoms with Crippen LogP contribution < -0.4 is 16.4 Å². The number of hydrogen-bond donors (Lipinski definition) is 2. The fraction of sp³-hybridized carbons (Fsp3) is 0.0588. The van der Waals surface area contributed by atoms with Gasteiger partial charge in [0.15, 0.2) is 5.58 Å². The van der Waals surface area contributed by atoms with Gasteiger partial charge in [-0.15, -0.1) is 6.58 Å². The van der Waals surface area contributed by atoms with Gasteiger partial charge < -0.3 is 15.1 Å². The minimum absolute atomic E-state index is 0.368. The highest BCUT2D eigenvalue weighted by molar-refractivity contribution is 6.00. The Morgan fingerprint density at radius 3 is 2.61 bits per heavy atom. The van der Waals surface area contributed by atoms with Crippen molar-refractivity contribution < 1.29 is 9.21 Å². The van der Waals surface area contributed by atoms with Crippen molar-refractivity contribution >= 4 is 28.5 Å². The van der Waals surface area contributed by atoms with Gasteiger partial charge in [0.05, 0.1) is 5.52 Å². The van der Waals surface area contributed by atoms with Crippen molar-refractivity contribution in [3.63, 3.8) is 0 Å². The molecule has 0 saturated heterocycles. The maximum atomic E-state index is 12.0. The monoisotopic (exact) mass is 309 g/mol. The number of hydrogen-bond acceptors (Lipinski definition) is 3. The number of oxazole rings is 1. The number of benzene rings is 2. The van der Waals surface area contributed by atoms with E-state index in [0.717, 1.165) is 0 Å². The molecule has 2 amide bonds. The van der Waals surface area contributed by atoms with Crippen LogP contribution in [0.2, 0.25) is 0 Å². The van der Waals surface area contributed by atoms with Gasteiger partial charge in [0.2, 0.25) is 0 Å². The third kappa shape index (κ3) is 3.16. The lowest BCUT2D eigenvalue weighted by atomic mass is 10.3. The highest BCUT2D eigenvalue weighted by Crippen LogP contribution is 2.19. The summed E-state index contributed by atoms with van der Waals surface area (Å²) in [5.41, 5.74) is 2.29. The lowest BCUT2D eigenvalue weighted by molar-refractivity contribution is 0.262. The molecule has 0 unspecified atom stereocenters. The number of para-hydroxylation sites is 1. The first kappa shape index (κ1) is 14.6. The van der Waals surface area contributed by atoms with Crippen LogP contribution in [-0.4, -0.2) is 10.6 Å². The second-order valence-electron chi connectivity index (χ2n) is 4.89. The van der Waals surface area contributed by atoms with E-state index in [9.17, 15) is 9.59 Å². The number of urea groups is 1. The smallest absolute Gasteiger partial charge is 0.408 e. The summed E-state index contributed by atoms with van der Waals surface area (Å²) in [6.45, 7) is 3.98. The molecule has 1 aromatic heterocycles. The van der Waals surface area contributed by atoms with Gasteiger partial charge in [-0.05, 0) is 24.3 Å². The van der Waals surface area contributed by atoms with Crippen LogP contribution in [0.25, 0.3) is 11.1 Å². The predicted molar refractivity (Wildman–Crippen MR) is 89.8 cm³/mol. The number of rotatable bonds is 4. The molecule has 0 aliphatic heterocycles. The molecule has 2 aromatic carbocycles. The van der Waals surface area contributed by atoms with Crippen molar-refractivity contribution in [1.29, 1.82) is 0 Å². The summed E-state index contributed by atoms with van der Waals surface area (Å²) in [5.74, 6) is -0.453. The fourth-order valence-corrected chi connectivity index (χ4v) is 2.26. The van der Waals surface area contributed by atoms with Crippen molar-refractivity contribution in [2.45, 2.75) is 6.54 Å². The van der Waals surface area contributed by atoms with E-state index in [1.165, 1.54) is 4.57 Å². The summed E-state index contributed by atoms with van der Waals surface area (Å²) >= 11 is 0. The van der Waals surface area contributed by atoms with Gasteiger partial charge in [-0.25, -0.2) is 9.59 Å². The van der Waals surface area contributed by atoms with E-state index in [4.69, 9.17) is 4.42 Å². The molecule has 1 heterocycles. The molecule has 0 aliphatic carbocycles. The highest BCUT2D eigenvalue weighted by Gasteiger charge is 2.10. The number of anilines is 2. The average Bonchev–Trinajstić information content (AvgIpc) is 2.84. The second-order valence-corrected chi connectivity index (χ2v) is 4.89. The van der Waals surface area contributed by atoms with Gasteiger partial charge in [0, 0.05) is 24.0 Å². The van der Waals surface area contributed by atoms with Gasteiger partial charge >= 0.3 is 11.8 Å². The Hall–Kier alpha value is -3.28. The highest BCUT2D eigenvalue weighted by atomic mass is 16.4. The van der Waals surface area contributed by atoms with Crippen molar-refractivity contribution in [3.8, 4) is 0 Å². The molecule has 6 nitrogen and oxygen atoms in total. The molecule has 0 radical (unpaired) electrons. The van der Waals surface area contributed by atoms with Crippen LogP contribution in [-0.2, 0) is 6.54 Å². The Bertz CT molecular complexity index is 910. The molecule has 0 bridgehead atoms. The van der Waals surface area contributed by atoms with Gasteiger partial charge in [0.25, 0.3) is 0 Å². The Morgan fingerprint density at radius 1 is 1.13 bits per heavy atom. The molecule has 2 N–H and O–H groups in total. The topological polar surface area (TPSA) is 76.3 Å². The molecule has 0 fully saturated rings. The van der Waals surface area contributed by atoms with Crippen LogP contribution in [0.3, 0.4) is 0 Å². The molecular formula is C17H15N3O3. The van der Waals surface area contributed by atoms with Crippen LogP contribution in [0.5, 0.6) is 0 Å². The Morgan fingerprint density at radius 2 is 1.87 bits per heavy atom. The second kappa shape index (κ2) is 6.23. The number of nitrogens with one attached hydrogen (secondary N) is 2. The molecule has 3 aromatic rings. The number of carbonyl (C=O) groups excluding carboxylic acids is 1. The maximum Gasteiger partial charge on any atom is 0.420 e. The number of nitrogens with zero attached hydrogens (tertiary/aromatic N) is 1. The predicted octanol–water partition coefficient (Wildman–Crippen LogP) is 3.42. The van der Waals surface area contributed by atoms with Crippen LogP contribution in [0.4, 0.5) is 16.2 Å². The van der Waals surface area contributed by atoms with Crippen molar-refractivity contribution in [2.24, 2.45) is 0 Å². The zero-order chi connectivity index (χ0) is 16.2. The molecule has 0 saturated carbocycles. The normalized spacial score (nSPS) is 10.4. The van der Waals surface area contributed by atoms with Crippen molar-refractivity contribution in [3.05, 3.63) is 71.7 Å². The molecule has 6 heteroatoms. The fourth-order valence-electron chi connectivity index (χ4n) is 2.26. The number of aromatic nitrogens is 1. The zero-order valence-electron chi connectivity index (χ0n) is 12.3. The standard InChI is InChI=1S/C17H15N3O3/c1-2-10-20-14-9-8-13(11-15(14)23-17(20)22)19-16(21)18-12-6-4-3-5-7-12/h2-9,11H,1,10H2,(H2,18,19,21). The van der Waals surface area contributed by atoms with Gasteiger partial charge in [-0.1, -0.05) is 24.3 Å². The Labute approximate surface area is 132 Å². The summed E-state index contributed by atoms with van der Waals surface area (Å²) in [6.07, 6.45) is 1.62. The van der Waals surface area contributed by atoms with Crippen LogP contribution in [0, 0.1) is 0 Å². The first-order valence-electron chi connectivity index (χ1n) is 7.05. The molecule has 0 atom stereocenters. The quantitative estimate of drug-likeness (QED) is 0.725. The first-order valence-corrected chi connectivity index (χ1v) is 7.05. The summed E-state index contributed by atoms with van der Waals surface area (Å²) < 4.78 is 6.65. The lowest BCUT2D eigenvalue weighted by Crippen LogP contribution is -2.19. The van der Waals surface area contributed by atoms with E-state index in [1.807, 2.05) is 18.2 Å². The van der Waals surface area contributed by atoms with E-state index < -0.39 is 5.76 Å². The number of amides is 2. The summed E-state index contributed by atoms with van der Waals surface area (Å²) in [6, 6.07) is 13.8. The maximum absolute atomic E-state index is 12.0. The number of fused-ring (bicyclic) bond motifs is 1. The summed E-state index contributed by atoms with van der Waals surface area (Å²) in [7, 11) is 0. The largest absolute Gasteiger partial charge is 0.420 e. The van der Waals surface area contributed by atoms with E-state index in [1.54, 1.807) is 36.4 Å². The molecule has 0 aliphatic rings. The third-order valence-corrected chi connectivity index (χ3v) is 3.27. The van der Waals surface area contributed by atoms with Crippen molar-refractivity contribution in [2.75, 3.05) is 10.6 Å². The van der Waals surface area contributed by atoms with Gasteiger partial charge in [0.1, 0.15) is 0 Å². The molecule has 116 valence electrons. The third-order valence-electron chi connectivity index (χ3n) is 3.27. The molecule has 23 heavy (non-hydrogen) atoms. The van der Waals surface area contributed by atoms with E-state index in [-0.39, 0.29) is 6.03 Å². The summed E-state index contributed by atoms with van der Waals surface area (Å²) in [5, 5.41) is 5.42. The minimum Gasteiger partial charge on any atom is -0.408 e. The van der Waals surface area contributed by atoms with Crippen LogP contribution in [0.1, 0.15) is 0 Å². The van der Waals surface area contributed by atoms with Crippen LogP contribution in [0.15, 0.2) is 70.4 Å². The van der Waals surface area contributed by atoms with Crippen molar-refractivity contribution in [1.82, 2.24) is 4.57 Å². The molecule has 3 rings (SSSR count). The minimum atomic E-state index is -0.453. The number of carbonyl (C=O) groups is 1. The van der Waals surface area contributed by atoms with Gasteiger partial charge in [-0.3, -0.25) is 4.57 Å². The number of allylic oxidation sites excluding steroid dienone is 1. The van der Waals surface area contributed by atoms with E-state index >= 15 is 0 Å². The average molecular weight is 309 g/mol. The summed E-state index contributed by atoms with van der Waals surface area (Å²) in [4.78, 5) is 23.7. The van der Waals surface area contributed by atoms with E-state index in [2.05, 4.69) is 17.2 Å². The lowest BCUT2D eigenvalue weighted by Gasteiger charge is -2.07.